The van der Waals surface area contributed by atoms with Crippen molar-refractivity contribution in [2.45, 2.75) is 6.92 Å². The lowest BCUT2D eigenvalue weighted by Gasteiger charge is -2.03. The monoisotopic (exact) mass is 337 g/mol. The highest BCUT2D eigenvalue weighted by atomic mass is 16.5. The summed E-state index contributed by atoms with van der Waals surface area (Å²) < 4.78 is 5.09. The van der Waals surface area contributed by atoms with Crippen molar-refractivity contribution in [2.24, 2.45) is 0 Å². The number of ether oxygens (including phenoxy) is 1. The van der Waals surface area contributed by atoms with Crippen molar-refractivity contribution < 1.29 is 14.3 Å². The van der Waals surface area contributed by atoms with Gasteiger partial charge in [0, 0.05) is 11.3 Å². The maximum atomic E-state index is 12.2. The summed E-state index contributed by atoms with van der Waals surface area (Å²) in [5.41, 5.74) is 1.76. The quantitative estimate of drug-likeness (QED) is 0.716. The van der Waals surface area contributed by atoms with E-state index in [1.807, 2.05) is 0 Å². The highest BCUT2D eigenvalue weighted by Crippen LogP contribution is 2.14. The van der Waals surface area contributed by atoms with Gasteiger partial charge in [-0.2, -0.15) is 0 Å². The van der Waals surface area contributed by atoms with Gasteiger partial charge in [-0.3, -0.25) is 9.59 Å². The zero-order valence-corrected chi connectivity index (χ0v) is 13.6. The first-order valence-electron chi connectivity index (χ1n) is 7.43. The Hall–Kier alpha value is -3.55. The van der Waals surface area contributed by atoms with Crippen LogP contribution in [0.2, 0.25) is 0 Å². The van der Waals surface area contributed by atoms with Crippen LogP contribution in [-0.2, 0) is 0 Å². The molecule has 0 saturated heterocycles. The summed E-state index contributed by atoms with van der Waals surface area (Å²) in [5.74, 6) is 0.111. The molecule has 2 aromatic carbocycles. The topological polar surface area (TPSA) is 99.0 Å². The molecule has 25 heavy (non-hydrogen) atoms. The standard InChI is InChI=1S/C17H15N5O3/c1-11(23)12-3-5-13(6-4-12)18-17(24)16-19-21-22(20-16)14-7-9-15(25-2)10-8-14/h3-10H,1-2H3,(H,18,24). The van der Waals surface area contributed by atoms with E-state index in [2.05, 4.69) is 20.7 Å². The second-order valence-electron chi connectivity index (χ2n) is 5.19. The van der Waals surface area contributed by atoms with Crippen LogP contribution in [0, 0.1) is 0 Å². The van der Waals surface area contributed by atoms with E-state index in [0.29, 0.717) is 22.7 Å². The van der Waals surface area contributed by atoms with Crippen LogP contribution in [0.3, 0.4) is 0 Å². The van der Waals surface area contributed by atoms with Gasteiger partial charge in [0.2, 0.25) is 0 Å². The molecule has 1 heterocycles. The Morgan fingerprint density at radius 3 is 2.32 bits per heavy atom. The molecule has 0 aliphatic heterocycles. The van der Waals surface area contributed by atoms with Crippen LogP contribution in [0.25, 0.3) is 5.69 Å². The molecule has 0 radical (unpaired) electrons. The van der Waals surface area contributed by atoms with E-state index in [1.165, 1.54) is 11.7 Å². The average Bonchev–Trinajstić information content (AvgIpc) is 3.12. The molecule has 0 fully saturated rings. The van der Waals surface area contributed by atoms with E-state index in [-0.39, 0.29) is 11.6 Å². The Morgan fingerprint density at radius 2 is 1.72 bits per heavy atom. The van der Waals surface area contributed by atoms with Gasteiger partial charge in [-0.1, -0.05) is 0 Å². The van der Waals surface area contributed by atoms with Crippen molar-refractivity contribution in [3.63, 3.8) is 0 Å². The third kappa shape index (κ3) is 3.69. The largest absolute Gasteiger partial charge is 0.497 e. The third-order valence-electron chi connectivity index (χ3n) is 3.47. The second kappa shape index (κ2) is 6.91. The van der Waals surface area contributed by atoms with E-state index in [0.717, 1.165) is 0 Å². The van der Waals surface area contributed by atoms with Gasteiger partial charge in [0.1, 0.15) is 5.75 Å². The molecule has 0 aliphatic rings. The molecule has 0 spiro atoms. The van der Waals surface area contributed by atoms with Crippen molar-refractivity contribution in [2.75, 3.05) is 12.4 Å². The molecular weight excluding hydrogens is 322 g/mol. The highest BCUT2D eigenvalue weighted by molar-refractivity contribution is 6.01. The molecule has 3 rings (SSSR count). The zero-order valence-electron chi connectivity index (χ0n) is 13.6. The number of benzene rings is 2. The summed E-state index contributed by atoms with van der Waals surface area (Å²) >= 11 is 0. The normalized spacial score (nSPS) is 10.3. The van der Waals surface area contributed by atoms with Crippen molar-refractivity contribution >= 4 is 17.4 Å². The summed E-state index contributed by atoms with van der Waals surface area (Å²) in [4.78, 5) is 24.7. The Bertz CT molecular complexity index is 901. The summed E-state index contributed by atoms with van der Waals surface area (Å²) in [6.45, 7) is 1.48. The molecule has 8 heteroatoms. The van der Waals surface area contributed by atoms with Crippen LogP contribution in [0.15, 0.2) is 48.5 Å². The molecule has 126 valence electrons. The number of hydrogen-bond donors (Lipinski definition) is 1. The van der Waals surface area contributed by atoms with Crippen molar-refractivity contribution in [1.82, 2.24) is 20.2 Å². The maximum Gasteiger partial charge on any atom is 0.297 e. The lowest BCUT2D eigenvalue weighted by atomic mass is 10.1. The Morgan fingerprint density at radius 1 is 1.04 bits per heavy atom. The highest BCUT2D eigenvalue weighted by Gasteiger charge is 2.14. The van der Waals surface area contributed by atoms with E-state index >= 15 is 0 Å². The number of tetrazole rings is 1. The summed E-state index contributed by atoms with van der Waals surface area (Å²) in [6, 6.07) is 13.6. The van der Waals surface area contributed by atoms with E-state index in [4.69, 9.17) is 4.74 Å². The molecule has 0 bridgehead atoms. The van der Waals surface area contributed by atoms with Crippen LogP contribution >= 0.6 is 0 Å². The van der Waals surface area contributed by atoms with Crippen LogP contribution in [0.1, 0.15) is 27.9 Å². The predicted molar refractivity (Wildman–Crippen MR) is 90.1 cm³/mol. The first kappa shape index (κ1) is 16.3. The summed E-state index contributed by atoms with van der Waals surface area (Å²) in [5, 5.41) is 14.4. The van der Waals surface area contributed by atoms with Crippen molar-refractivity contribution in [1.29, 1.82) is 0 Å². The molecule has 0 unspecified atom stereocenters. The number of Topliss-reactive ketones (excluding diaryl/α,β-unsaturated/α-hetero) is 1. The Labute approximate surface area is 143 Å². The number of nitrogens with zero attached hydrogens (tertiary/aromatic N) is 4. The first-order chi connectivity index (χ1) is 12.1. The molecule has 8 nitrogen and oxygen atoms in total. The molecule has 0 aliphatic carbocycles. The number of nitrogens with one attached hydrogen (secondary N) is 1. The predicted octanol–water partition coefficient (Wildman–Crippen LogP) is 2.13. The van der Waals surface area contributed by atoms with Crippen molar-refractivity contribution in [3.05, 3.63) is 59.9 Å². The van der Waals surface area contributed by atoms with Gasteiger partial charge in [0.25, 0.3) is 11.7 Å². The Balaban J connectivity index is 1.72. The fourth-order valence-corrected chi connectivity index (χ4v) is 2.11. The number of hydrogen-bond acceptors (Lipinski definition) is 6. The number of carbonyl (C=O) groups is 2. The lowest BCUT2D eigenvalue weighted by Crippen LogP contribution is -2.14. The van der Waals surface area contributed by atoms with Crippen LogP contribution in [0.4, 0.5) is 5.69 Å². The van der Waals surface area contributed by atoms with Gasteiger partial charge >= 0.3 is 0 Å². The van der Waals surface area contributed by atoms with Crippen LogP contribution < -0.4 is 10.1 Å². The molecule has 1 amide bonds. The van der Waals surface area contributed by atoms with Gasteiger partial charge in [0.15, 0.2) is 5.78 Å². The summed E-state index contributed by atoms with van der Waals surface area (Å²) in [7, 11) is 1.58. The zero-order chi connectivity index (χ0) is 17.8. The number of carbonyl (C=O) groups excluding carboxylic acids is 2. The molecule has 1 aromatic heterocycles. The van der Waals surface area contributed by atoms with Gasteiger partial charge in [-0.05, 0) is 60.7 Å². The number of ketones is 1. The number of rotatable bonds is 5. The Kier molecular flexibility index (Phi) is 4.51. The third-order valence-corrected chi connectivity index (χ3v) is 3.47. The molecular formula is C17H15N5O3. The number of anilines is 1. The van der Waals surface area contributed by atoms with E-state index in [9.17, 15) is 9.59 Å². The molecule has 0 saturated carbocycles. The first-order valence-corrected chi connectivity index (χ1v) is 7.43. The smallest absolute Gasteiger partial charge is 0.297 e. The lowest BCUT2D eigenvalue weighted by molar-refractivity contribution is 0.101. The van der Waals surface area contributed by atoms with Crippen LogP contribution in [0.5, 0.6) is 5.75 Å². The minimum absolute atomic E-state index is 0.0398. The maximum absolute atomic E-state index is 12.2. The van der Waals surface area contributed by atoms with Crippen molar-refractivity contribution in [3.8, 4) is 11.4 Å². The minimum atomic E-state index is -0.490. The fraction of sp³-hybridized carbons (Fsp3) is 0.118. The van der Waals surface area contributed by atoms with Gasteiger partial charge in [0.05, 0.1) is 12.8 Å². The van der Waals surface area contributed by atoms with Gasteiger partial charge < -0.3 is 10.1 Å². The van der Waals surface area contributed by atoms with Gasteiger partial charge in [-0.25, -0.2) is 0 Å². The minimum Gasteiger partial charge on any atom is -0.497 e. The number of amides is 1. The number of aromatic nitrogens is 4. The van der Waals surface area contributed by atoms with E-state index in [1.54, 1.807) is 55.6 Å². The van der Waals surface area contributed by atoms with E-state index < -0.39 is 5.91 Å². The summed E-state index contributed by atoms with van der Waals surface area (Å²) in [6.07, 6.45) is 0. The average molecular weight is 337 g/mol. The van der Waals surface area contributed by atoms with Crippen LogP contribution in [-0.4, -0.2) is 39.0 Å². The SMILES string of the molecule is COc1ccc(-n2nnc(C(=O)Nc3ccc(C(C)=O)cc3)n2)cc1. The molecule has 1 N–H and O–H groups in total. The number of methoxy groups -OCH3 is 1. The molecule has 3 aromatic rings. The van der Waals surface area contributed by atoms with Gasteiger partial charge in [-0.15, -0.1) is 15.0 Å². The fourth-order valence-electron chi connectivity index (χ4n) is 2.11. The second-order valence-corrected chi connectivity index (χ2v) is 5.19. The molecule has 0 atom stereocenters.